The summed E-state index contributed by atoms with van der Waals surface area (Å²) in [5.74, 6) is 0. The minimum Gasteiger partial charge on any atom is -0.326 e. The van der Waals surface area contributed by atoms with Crippen LogP contribution in [0.15, 0.2) is 23.6 Å². The van der Waals surface area contributed by atoms with Crippen LogP contribution in [-0.4, -0.2) is 29.0 Å². The van der Waals surface area contributed by atoms with E-state index in [1.165, 1.54) is 30.6 Å². The first-order valence-electron chi connectivity index (χ1n) is 8.37. The summed E-state index contributed by atoms with van der Waals surface area (Å²) in [5, 5.41) is 8.65. The molecule has 1 aromatic heterocycles. The molecule has 4 N–H and O–H groups in total. The van der Waals surface area contributed by atoms with Crippen LogP contribution in [-0.2, 0) is 13.1 Å². The summed E-state index contributed by atoms with van der Waals surface area (Å²) < 4.78 is 0. The molecule has 0 radical (unpaired) electrons. The summed E-state index contributed by atoms with van der Waals surface area (Å²) >= 11 is 7.54. The SMILES string of the molecule is NCc1ccc(NC(=O)Nc2nc(CN3CCCCC3)cs2)cc1Cl. The molecule has 2 heterocycles. The number of anilines is 2. The van der Waals surface area contributed by atoms with Gasteiger partial charge in [0, 0.05) is 29.2 Å². The van der Waals surface area contributed by atoms with Gasteiger partial charge >= 0.3 is 6.03 Å². The summed E-state index contributed by atoms with van der Waals surface area (Å²) in [4.78, 5) is 19.0. The minimum absolute atomic E-state index is 0.338. The van der Waals surface area contributed by atoms with E-state index in [-0.39, 0.29) is 6.03 Å². The quantitative estimate of drug-likeness (QED) is 0.736. The number of thiazole rings is 1. The maximum absolute atomic E-state index is 12.1. The second kappa shape index (κ2) is 8.62. The summed E-state index contributed by atoms with van der Waals surface area (Å²) in [5.41, 5.74) is 8.03. The van der Waals surface area contributed by atoms with E-state index >= 15 is 0 Å². The zero-order valence-electron chi connectivity index (χ0n) is 13.9. The molecule has 0 unspecified atom stereocenters. The van der Waals surface area contributed by atoms with Crippen molar-refractivity contribution in [2.45, 2.75) is 32.4 Å². The number of nitrogens with two attached hydrogens (primary N) is 1. The lowest BCUT2D eigenvalue weighted by Crippen LogP contribution is -2.29. The molecule has 1 aromatic carbocycles. The van der Waals surface area contributed by atoms with E-state index in [0.717, 1.165) is 30.9 Å². The number of hydrogen-bond acceptors (Lipinski definition) is 5. The van der Waals surface area contributed by atoms with Crippen LogP contribution in [0.1, 0.15) is 30.5 Å². The fraction of sp³-hybridized carbons (Fsp3) is 0.412. The molecule has 6 nitrogen and oxygen atoms in total. The van der Waals surface area contributed by atoms with Crippen LogP contribution in [0.3, 0.4) is 0 Å². The third-order valence-corrected chi connectivity index (χ3v) is 5.30. The molecule has 1 aliphatic rings. The third-order valence-electron chi connectivity index (χ3n) is 4.14. The van der Waals surface area contributed by atoms with Crippen LogP contribution in [0.4, 0.5) is 15.6 Å². The molecule has 0 aliphatic carbocycles. The Morgan fingerprint density at radius 3 is 2.80 bits per heavy atom. The number of benzene rings is 1. The summed E-state index contributed by atoms with van der Waals surface area (Å²) in [7, 11) is 0. The van der Waals surface area contributed by atoms with Crippen LogP contribution in [0.5, 0.6) is 0 Å². The molecule has 1 aliphatic heterocycles. The van der Waals surface area contributed by atoms with E-state index in [1.54, 1.807) is 18.2 Å². The Bertz CT molecular complexity index is 730. The first-order valence-corrected chi connectivity index (χ1v) is 9.63. The van der Waals surface area contributed by atoms with Crippen molar-refractivity contribution in [1.82, 2.24) is 9.88 Å². The number of carbonyl (C=O) groups is 1. The number of nitrogens with one attached hydrogen (secondary N) is 2. The van der Waals surface area contributed by atoms with E-state index < -0.39 is 0 Å². The van der Waals surface area contributed by atoms with Gasteiger partial charge in [0.25, 0.3) is 0 Å². The Hall–Kier alpha value is -1.67. The van der Waals surface area contributed by atoms with Gasteiger partial charge in [-0.05, 0) is 43.6 Å². The van der Waals surface area contributed by atoms with Gasteiger partial charge in [-0.15, -0.1) is 11.3 Å². The molecule has 0 spiro atoms. The first kappa shape index (κ1) is 18.1. The number of hydrogen-bond donors (Lipinski definition) is 3. The van der Waals surface area contributed by atoms with Crippen molar-refractivity contribution >= 4 is 39.8 Å². The number of halogens is 1. The highest BCUT2D eigenvalue weighted by atomic mass is 35.5. The van der Waals surface area contributed by atoms with Crippen molar-refractivity contribution in [3.05, 3.63) is 39.9 Å². The molecular weight excluding hydrogens is 358 g/mol. The molecule has 25 heavy (non-hydrogen) atoms. The van der Waals surface area contributed by atoms with Gasteiger partial charge in [-0.3, -0.25) is 10.2 Å². The van der Waals surface area contributed by atoms with E-state index in [2.05, 4.69) is 20.5 Å². The Morgan fingerprint density at radius 2 is 2.08 bits per heavy atom. The number of aromatic nitrogens is 1. The number of rotatable bonds is 5. The monoisotopic (exact) mass is 379 g/mol. The molecule has 2 amide bonds. The second-order valence-corrected chi connectivity index (χ2v) is 7.34. The van der Waals surface area contributed by atoms with Crippen molar-refractivity contribution in [3.63, 3.8) is 0 Å². The number of amides is 2. The van der Waals surface area contributed by atoms with Gasteiger partial charge in [-0.25, -0.2) is 9.78 Å². The fourth-order valence-electron chi connectivity index (χ4n) is 2.83. The maximum Gasteiger partial charge on any atom is 0.325 e. The predicted molar refractivity (Wildman–Crippen MR) is 103 cm³/mol. The number of likely N-dealkylation sites (tertiary alicyclic amines) is 1. The molecule has 1 saturated heterocycles. The first-order chi connectivity index (χ1) is 12.1. The lowest BCUT2D eigenvalue weighted by Gasteiger charge is -2.25. The molecule has 2 aromatic rings. The zero-order chi connectivity index (χ0) is 17.6. The lowest BCUT2D eigenvalue weighted by molar-refractivity contribution is 0.219. The Kier molecular flexibility index (Phi) is 6.25. The number of urea groups is 1. The summed E-state index contributed by atoms with van der Waals surface area (Å²) in [6.07, 6.45) is 3.82. The van der Waals surface area contributed by atoms with Crippen molar-refractivity contribution in [2.24, 2.45) is 5.73 Å². The molecule has 0 atom stereocenters. The molecule has 3 rings (SSSR count). The van der Waals surface area contributed by atoms with Crippen LogP contribution in [0.25, 0.3) is 0 Å². The standard InChI is InChI=1S/C17H22ClN5OS/c18-15-8-13(5-4-12(15)9-19)20-16(24)22-17-21-14(11-25-17)10-23-6-2-1-3-7-23/h4-5,8,11H,1-3,6-7,9-10,19H2,(H2,20,21,22,24). The van der Waals surface area contributed by atoms with Crippen molar-refractivity contribution < 1.29 is 4.79 Å². The highest BCUT2D eigenvalue weighted by Gasteiger charge is 2.13. The van der Waals surface area contributed by atoms with Crippen molar-refractivity contribution in [3.8, 4) is 0 Å². The second-order valence-electron chi connectivity index (χ2n) is 6.07. The molecule has 134 valence electrons. The van der Waals surface area contributed by atoms with Gasteiger partial charge in [0.1, 0.15) is 0 Å². The topological polar surface area (TPSA) is 83.3 Å². The molecule has 8 heteroatoms. The largest absolute Gasteiger partial charge is 0.326 e. The van der Waals surface area contributed by atoms with Gasteiger partial charge in [0.05, 0.1) is 5.69 Å². The average Bonchev–Trinajstić information content (AvgIpc) is 3.02. The maximum atomic E-state index is 12.1. The van der Waals surface area contributed by atoms with E-state index in [0.29, 0.717) is 22.4 Å². The smallest absolute Gasteiger partial charge is 0.325 e. The number of carbonyl (C=O) groups excluding carboxylic acids is 1. The molecule has 0 bridgehead atoms. The van der Waals surface area contributed by atoms with Crippen LogP contribution >= 0.6 is 22.9 Å². The van der Waals surface area contributed by atoms with Gasteiger partial charge in [-0.2, -0.15) is 0 Å². The molecular formula is C17H22ClN5OS. The highest BCUT2D eigenvalue weighted by Crippen LogP contribution is 2.22. The van der Waals surface area contributed by atoms with E-state index in [9.17, 15) is 4.79 Å². The number of nitrogens with zero attached hydrogens (tertiary/aromatic N) is 2. The Labute approximate surface area is 156 Å². The van der Waals surface area contributed by atoms with Crippen molar-refractivity contribution in [2.75, 3.05) is 23.7 Å². The van der Waals surface area contributed by atoms with Crippen LogP contribution in [0.2, 0.25) is 5.02 Å². The fourth-order valence-corrected chi connectivity index (χ4v) is 3.79. The Balaban J connectivity index is 1.53. The van der Waals surface area contributed by atoms with Crippen molar-refractivity contribution in [1.29, 1.82) is 0 Å². The van der Waals surface area contributed by atoms with E-state index in [1.807, 2.05) is 5.38 Å². The van der Waals surface area contributed by atoms with E-state index in [4.69, 9.17) is 17.3 Å². The van der Waals surface area contributed by atoms with Gasteiger partial charge < -0.3 is 11.1 Å². The van der Waals surface area contributed by atoms with Gasteiger partial charge in [-0.1, -0.05) is 24.1 Å². The molecule has 1 fully saturated rings. The highest BCUT2D eigenvalue weighted by molar-refractivity contribution is 7.13. The van der Waals surface area contributed by atoms with Crippen LogP contribution < -0.4 is 16.4 Å². The normalized spacial score (nSPS) is 15.1. The van der Waals surface area contributed by atoms with Crippen LogP contribution in [0, 0.1) is 0 Å². The number of piperidine rings is 1. The average molecular weight is 380 g/mol. The lowest BCUT2D eigenvalue weighted by atomic mass is 10.1. The Morgan fingerprint density at radius 1 is 1.28 bits per heavy atom. The molecule has 0 saturated carbocycles. The van der Waals surface area contributed by atoms with Gasteiger partial charge in [0.2, 0.25) is 0 Å². The summed E-state index contributed by atoms with van der Waals surface area (Å²) in [6.45, 7) is 3.46. The minimum atomic E-state index is -0.338. The third kappa shape index (κ3) is 5.15. The summed E-state index contributed by atoms with van der Waals surface area (Å²) in [6, 6.07) is 4.93. The zero-order valence-corrected chi connectivity index (χ0v) is 15.5. The predicted octanol–water partition coefficient (Wildman–Crippen LogP) is 3.89. The van der Waals surface area contributed by atoms with Gasteiger partial charge in [0.15, 0.2) is 5.13 Å².